The summed E-state index contributed by atoms with van der Waals surface area (Å²) in [6.45, 7) is 3.31. The Morgan fingerprint density at radius 1 is 0.979 bits per heavy atom. The number of rotatable bonds is 5. The van der Waals surface area contributed by atoms with Gasteiger partial charge in [-0.05, 0) is 90.2 Å². The Hall–Kier alpha value is -4.11. The van der Waals surface area contributed by atoms with Crippen molar-refractivity contribution in [3.05, 3.63) is 75.4 Å². The lowest BCUT2D eigenvalue weighted by Crippen LogP contribution is -2.62. The van der Waals surface area contributed by atoms with Crippen LogP contribution < -0.4 is 10.1 Å². The van der Waals surface area contributed by atoms with Gasteiger partial charge in [0.1, 0.15) is 42.4 Å². The van der Waals surface area contributed by atoms with Crippen LogP contribution in [0.3, 0.4) is 0 Å². The maximum absolute atomic E-state index is 14.3. The number of nitrogens with one attached hydrogen (secondary N) is 1. The molecule has 4 N–H and O–H groups in total. The van der Waals surface area contributed by atoms with Gasteiger partial charge in [0, 0.05) is 0 Å². The highest BCUT2D eigenvalue weighted by atomic mass is 16.8. The average molecular weight is 662 g/mol. The molecule has 0 radical (unpaired) electrons. The van der Waals surface area contributed by atoms with E-state index in [1.54, 1.807) is 44.3 Å². The van der Waals surface area contributed by atoms with E-state index in [4.69, 9.17) is 28.4 Å². The van der Waals surface area contributed by atoms with Crippen molar-refractivity contribution in [2.75, 3.05) is 20.8 Å². The number of carbonyl (C=O) groups is 3. The van der Waals surface area contributed by atoms with Crippen LogP contribution >= 0.6 is 0 Å². The van der Waals surface area contributed by atoms with Crippen LogP contribution in [0.25, 0.3) is 12.2 Å². The van der Waals surface area contributed by atoms with E-state index in [0.29, 0.717) is 39.1 Å². The maximum Gasteiger partial charge on any atom is 0.508 e. The van der Waals surface area contributed by atoms with Crippen molar-refractivity contribution in [2.45, 2.75) is 79.7 Å². The third-order valence-corrected chi connectivity index (χ3v) is 10.9. The topological polar surface area (TPSA) is 179 Å². The van der Waals surface area contributed by atoms with E-state index in [-0.39, 0.29) is 6.61 Å². The van der Waals surface area contributed by atoms with Gasteiger partial charge >= 0.3 is 12.1 Å². The van der Waals surface area contributed by atoms with E-state index in [1.165, 1.54) is 19.3 Å². The molecule has 11 atom stereocenters. The van der Waals surface area contributed by atoms with E-state index in [9.17, 15) is 29.7 Å². The minimum Gasteiger partial charge on any atom is -0.497 e. The average Bonchev–Trinajstić information content (AvgIpc) is 3.80. The van der Waals surface area contributed by atoms with Crippen molar-refractivity contribution < 1.29 is 58.1 Å². The quantitative estimate of drug-likeness (QED) is 0.267. The number of hydrogen-bond donors (Lipinski definition) is 4. The van der Waals surface area contributed by atoms with Crippen LogP contribution in [-0.4, -0.2) is 96.8 Å². The summed E-state index contributed by atoms with van der Waals surface area (Å²) in [6, 6.07) is 6.17. The number of hydrogen-bond acceptors (Lipinski definition) is 13. The number of esters is 1. The van der Waals surface area contributed by atoms with Gasteiger partial charge < -0.3 is 49.1 Å². The second-order valence-electron chi connectivity index (χ2n) is 13.2. The van der Waals surface area contributed by atoms with Crippen LogP contribution in [0.2, 0.25) is 0 Å². The third-order valence-electron chi connectivity index (χ3n) is 10.9. The number of aliphatic hydroxyl groups is 3. The Labute approximate surface area is 275 Å². The molecular weight excluding hydrogens is 626 g/mol. The van der Waals surface area contributed by atoms with Gasteiger partial charge in [-0.25, -0.2) is 4.79 Å². The number of allylic oxidation sites excluding steroid dienone is 1. The molecule has 2 aromatic carbocycles. The summed E-state index contributed by atoms with van der Waals surface area (Å²) in [6.07, 6.45) is -1.95. The summed E-state index contributed by atoms with van der Waals surface area (Å²) in [7, 11) is 3.11. The fraction of sp³-hybridized carbons (Fsp3) is 0.457. The fourth-order valence-corrected chi connectivity index (χ4v) is 8.40. The number of carbonyl (C=O) groups excluding carboxylic acids is 3. The minimum absolute atomic E-state index is 0.175. The van der Waals surface area contributed by atoms with Crippen molar-refractivity contribution in [3.63, 3.8) is 0 Å². The number of ether oxygens (including phenoxy) is 6. The normalized spacial score (nSPS) is 38.7. The molecule has 8 rings (SSSR count). The molecule has 2 aromatic rings. The summed E-state index contributed by atoms with van der Waals surface area (Å²) in [5.41, 5.74) is 0.410. The highest BCUT2D eigenvalue weighted by Crippen LogP contribution is 2.62. The number of aryl methyl sites for hydroxylation is 1. The highest BCUT2D eigenvalue weighted by molar-refractivity contribution is 6.20. The van der Waals surface area contributed by atoms with Crippen LogP contribution in [0.15, 0.2) is 36.4 Å². The predicted octanol–water partition coefficient (Wildman–Crippen LogP) is 1.42. The molecule has 13 heteroatoms. The highest BCUT2D eigenvalue weighted by Gasteiger charge is 2.69. The van der Waals surface area contributed by atoms with Crippen LogP contribution in [0.5, 0.6) is 5.75 Å². The van der Waals surface area contributed by atoms with Crippen molar-refractivity contribution >= 4 is 30.1 Å². The molecular formula is C35H35NO12. The molecule has 0 unspecified atom stereocenters. The first kappa shape index (κ1) is 31.2. The Kier molecular flexibility index (Phi) is 6.95. The summed E-state index contributed by atoms with van der Waals surface area (Å²) in [4.78, 5) is 40.5. The molecule has 13 nitrogen and oxygen atoms in total. The minimum atomic E-state index is -1.83. The number of fused-ring (bicyclic) bond motifs is 7. The van der Waals surface area contributed by atoms with Crippen molar-refractivity contribution in [3.8, 4) is 5.75 Å². The number of likely N-dealkylation sites (N-methyl/N-ethyl adjacent to an activating group) is 1. The maximum atomic E-state index is 14.3. The van der Waals surface area contributed by atoms with Crippen molar-refractivity contribution in [2.24, 2.45) is 0 Å². The lowest BCUT2D eigenvalue weighted by molar-refractivity contribution is -0.281. The second-order valence-corrected chi connectivity index (χ2v) is 13.2. The van der Waals surface area contributed by atoms with Crippen LogP contribution in [0.4, 0.5) is 4.79 Å². The molecule has 48 heavy (non-hydrogen) atoms. The molecule has 0 bridgehead atoms. The van der Waals surface area contributed by atoms with Crippen LogP contribution in [0.1, 0.15) is 57.9 Å². The standard InChI is InChI=1S/C35H35NO12/c1-14-9-17(43-4)11-22-18(14)5-6-23(37)35(22)25-19-12-21-16(7-8-34(21,42)24-13-44-33(41)46-24)10-20(19)29(30(25)48-32(35)40)47-31-26(36-3)28(39)27(38)15(2)45-31/h5-12,15,24-31,36,38-39,42H,13H2,1-4H3/t15-,24-,25-,26-,27+,28-,29-,30-,31-,34-,35+/m1/s1. The summed E-state index contributed by atoms with van der Waals surface area (Å²) < 4.78 is 34.7. The molecule has 3 heterocycles. The Morgan fingerprint density at radius 2 is 1.77 bits per heavy atom. The van der Waals surface area contributed by atoms with Gasteiger partial charge in [-0.2, -0.15) is 0 Å². The zero-order valence-electron chi connectivity index (χ0n) is 26.5. The van der Waals surface area contributed by atoms with E-state index >= 15 is 0 Å². The molecule has 0 saturated carbocycles. The molecule has 6 aliphatic rings. The first-order chi connectivity index (χ1) is 22.9. The van der Waals surface area contributed by atoms with Gasteiger partial charge in [-0.1, -0.05) is 18.2 Å². The first-order valence-electron chi connectivity index (χ1n) is 15.8. The monoisotopic (exact) mass is 661 g/mol. The van der Waals surface area contributed by atoms with Gasteiger partial charge in [0.2, 0.25) is 0 Å². The second kappa shape index (κ2) is 10.7. The Bertz CT molecular complexity index is 1820. The fourth-order valence-electron chi connectivity index (χ4n) is 8.40. The van der Waals surface area contributed by atoms with E-state index in [1.807, 2.05) is 13.0 Å². The molecule has 1 spiro atoms. The summed E-state index contributed by atoms with van der Waals surface area (Å²) >= 11 is 0. The zero-order valence-corrected chi connectivity index (χ0v) is 26.5. The van der Waals surface area contributed by atoms with Gasteiger partial charge in [0.05, 0.1) is 25.2 Å². The van der Waals surface area contributed by atoms with Gasteiger partial charge in [0.15, 0.2) is 23.6 Å². The largest absolute Gasteiger partial charge is 0.508 e. The predicted molar refractivity (Wildman–Crippen MR) is 165 cm³/mol. The lowest BCUT2D eigenvalue weighted by Gasteiger charge is -2.42. The molecule has 3 aliphatic carbocycles. The van der Waals surface area contributed by atoms with Crippen molar-refractivity contribution in [1.29, 1.82) is 0 Å². The van der Waals surface area contributed by atoms with Crippen molar-refractivity contribution in [1.82, 2.24) is 5.32 Å². The molecule has 3 aliphatic heterocycles. The molecule has 3 saturated heterocycles. The number of ketones is 1. The van der Waals surface area contributed by atoms with Crippen LogP contribution in [0, 0.1) is 6.92 Å². The first-order valence-corrected chi connectivity index (χ1v) is 15.8. The van der Waals surface area contributed by atoms with Gasteiger partial charge in [0.25, 0.3) is 0 Å². The summed E-state index contributed by atoms with van der Waals surface area (Å²) in [5, 5.41) is 36.3. The lowest BCUT2D eigenvalue weighted by atomic mass is 9.62. The Balaban J connectivity index is 1.32. The molecule has 0 amide bonds. The number of aliphatic hydroxyl groups excluding tert-OH is 2. The van der Waals surface area contributed by atoms with E-state index in [2.05, 4.69) is 5.32 Å². The smallest absolute Gasteiger partial charge is 0.497 e. The SMILES string of the molecule is CN[C@H]1[C@@H](O[C@@H]2c3cc4c(cc3[C@@H]3[C@H]2OC(=O)[C@@]32C(=O)C=Cc3c(C)cc(OC)cc32)[C@@](O)([C@H]2COC(=O)O2)C=C4)O[C@H](C)[C@H](O)[C@@H]1O. The molecule has 0 aromatic heterocycles. The molecule has 3 fully saturated rings. The third kappa shape index (κ3) is 4.03. The van der Waals surface area contributed by atoms with Gasteiger partial charge in [-0.15, -0.1) is 0 Å². The van der Waals surface area contributed by atoms with E-state index in [0.717, 1.165) is 5.56 Å². The summed E-state index contributed by atoms with van der Waals surface area (Å²) in [5.74, 6) is -1.71. The number of cyclic esters (lactones) is 2. The zero-order chi connectivity index (χ0) is 33.9. The van der Waals surface area contributed by atoms with Gasteiger partial charge in [-0.3, -0.25) is 9.59 Å². The Morgan fingerprint density at radius 3 is 2.48 bits per heavy atom. The number of benzene rings is 2. The van der Waals surface area contributed by atoms with Crippen LogP contribution in [-0.2, 0) is 44.3 Å². The van der Waals surface area contributed by atoms with E-state index < -0.39 is 83.8 Å². The molecule has 252 valence electrons. The number of methoxy groups -OCH3 is 1.